The summed E-state index contributed by atoms with van der Waals surface area (Å²) >= 11 is 0. The third-order valence-electron chi connectivity index (χ3n) is 4.16. The quantitative estimate of drug-likeness (QED) is 0.500. The number of oxime groups is 1. The fourth-order valence-corrected chi connectivity index (χ4v) is 2.70. The van der Waals surface area contributed by atoms with E-state index >= 15 is 0 Å². The summed E-state index contributed by atoms with van der Waals surface area (Å²) in [6, 6.07) is 9.71. The van der Waals surface area contributed by atoms with Crippen molar-refractivity contribution in [3.63, 3.8) is 0 Å². The molecule has 0 saturated carbocycles. The molecule has 3 rings (SSSR count). The maximum absolute atomic E-state index is 11.0. The molecule has 0 radical (unpaired) electrons. The molecule has 2 aromatic carbocycles. The molecule has 0 aromatic heterocycles. The van der Waals surface area contributed by atoms with Gasteiger partial charge in [0.2, 0.25) is 5.75 Å². The molecule has 0 aliphatic carbocycles. The Kier molecular flexibility index (Phi) is 3.96. The number of hydrogen-bond acceptors (Lipinski definition) is 7. The number of nitro benzene ring substituents is 1. The molecule has 8 heteroatoms. The highest BCUT2D eigenvalue weighted by atomic mass is 16.7. The van der Waals surface area contributed by atoms with E-state index in [-0.39, 0.29) is 0 Å². The maximum Gasteiger partial charge on any atom is 0.315 e. The molecule has 2 N–H and O–H groups in total. The molecule has 25 heavy (non-hydrogen) atoms. The number of hydrogen-bond donors (Lipinski definition) is 2. The highest BCUT2D eigenvalue weighted by molar-refractivity contribution is 6.03. The zero-order valence-electron chi connectivity index (χ0n) is 13.6. The number of phenols is 2. The SMILES string of the molecule is COc1ccc(C2(C)CC(c3cc(O)c(O)c([N+](=O)[O-])c3)=NO2)cc1. The van der Waals surface area contributed by atoms with Gasteiger partial charge in [-0.25, -0.2) is 0 Å². The van der Waals surface area contributed by atoms with Crippen molar-refractivity contribution in [2.24, 2.45) is 5.16 Å². The molecule has 0 spiro atoms. The standard InChI is InChI=1S/C17H16N2O6/c1-17(11-3-5-12(24-2)6-4-11)9-13(18-25-17)10-7-14(19(22)23)16(21)15(20)8-10/h3-8,20-21H,9H2,1-2H3. The number of methoxy groups -OCH3 is 1. The predicted molar refractivity (Wildman–Crippen MR) is 89.0 cm³/mol. The van der Waals surface area contributed by atoms with Crippen molar-refractivity contribution in [1.29, 1.82) is 0 Å². The van der Waals surface area contributed by atoms with Gasteiger partial charge in [-0.15, -0.1) is 0 Å². The second kappa shape index (κ2) is 5.97. The lowest BCUT2D eigenvalue weighted by Crippen LogP contribution is -2.21. The first-order valence-electron chi connectivity index (χ1n) is 7.44. The Morgan fingerprint density at radius 2 is 1.96 bits per heavy atom. The minimum absolute atomic E-state index is 0.319. The van der Waals surface area contributed by atoms with E-state index in [1.54, 1.807) is 19.2 Å². The fourth-order valence-electron chi connectivity index (χ4n) is 2.70. The zero-order valence-corrected chi connectivity index (χ0v) is 13.6. The van der Waals surface area contributed by atoms with Crippen LogP contribution >= 0.6 is 0 Å². The Morgan fingerprint density at radius 1 is 1.28 bits per heavy atom. The molecule has 130 valence electrons. The Bertz CT molecular complexity index is 862. The molecule has 0 amide bonds. The fraction of sp³-hybridized carbons (Fsp3) is 0.235. The zero-order chi connectivity index (χ0) is 18.2. The molecule has 0 fully saturated rings. The van der Waals surface area contributed by atoms with Gasteiger partial charge in [-0.1, -0.05) is 17.3 Å². The van der Waals surface area contributed by atoms with Gasteiger partial charge in [-0.05, 0) is 30.7 Å². The maximum atomic E-state index is 11.0. The van der Waals surface area contributed by atoms with Crippen molar-refractivity contribution in [2.45, 2.75) is 18.9 Å². The number of nitro groups is 1. The molecule has 1 heterocycles. The third-order valence-corrected chi connectivity index (χ3v) is 4.16. The lowest BCUT2D eigenvalue weighted by Gasteiger charge is -2.22. The van der Waals surface area contributed by atoms with Crippen LogP contribution in [-0.4, -0.2) is 28.0 Å². The van der Waals surface area contributed by atoms with Gasteiger partial charge in [-0.2, -0.15) is 0 Å². The number of benzene rings is 2. The normalized spacial score (nSPS) is 19.2. The van der Waals surface area contributed by atoms with Crippen LogP contribution in [0.15, 0.2) is 41.6 Å². The van der Waals surface area contributed by atoms with Crippen LogP contribution < -0.4 is 4.74 Å². The minimum Gasteiger partial charge on any atom is -0.504 e. The Hall–Kier alpha value is -3.29. The van der Waals surface area contributed by atoms with Gasteiger partial charge in [0.15, 0.2) is 11.4 Å². The highest BCUT2D eigenvalue weighted by Crippen LogP contribution is 2.40. The number of phenolic OH excluding ortho intramolecular Hbond substituents is 2. The first kappa shape index (κ1) is 16.6. The summed E-state index contributed by atoms with van der Waals surface area (Å²) in [5.74, 6) is -0.637. The van der Waals surface area contributed by atoms with Crippen molar-refractivity contribution in [2.75, 3.05) is 7.11 Å². The Morgan fingerprint density at radius 3 is 2.56 bits per heavy atom. The van der Waals surface area contributed by atoms with Crippen LogP contribution in [0, 0.1) is 10.1 Å². The molecular weight excluding hydrogens is 328 g/mol. The molecule has 1 aliphatic heterocycles. The topological polar surface area (TPSA) is 114 Å². The van der Waals surface area contributed by atoms with Crippen molar-refractivity contribution in [3.8, 4) is 17.2 Å². The number of rotatable bonds is 4. The lowest BCUT2D eigenvalue weighted by molar-refractivity contribution is -0.386. The van der Waals surface area contributed by atoms with E-state index in [1.165, 1.54) is 6.07 Å². The van der Waals surface area contributed by atoms with Crippen molar-refractivity contribution >= 4 is 11.4 Å². The van der Waals surface area contributed by atoms with Crippen LogP contribution in [0.1, 0.15) is 24.5 Å². The molecule has 0 bridgehead atoms. The van der Waals surface area contributed by atoms with Crippen molar-refractivity contribution in [3.05, 3.63) is 57.6 Å². The monoisotopic (exact) mass is 344 g/mol. The van der Waals surface area contributed by atoms with Crippen LogP contribution in [0.25, 0.3) is 0 Å². The van der Waals surface area contributed by atoms with Crippen molar-refractivity contribution in [1.82, 2.24) is 0 Å². The van der Waals surface area contributed by atoms with Crippen LogP contribution in [0.2, 0.25) is 0 Å². The molecular formula is C17H16N2O6. The van der Waals surface area contributed by atoms with E-state index in [0.717, 1.165) is 11.6 Å². The average molecular weight is 344 g/mol. The van der Waals surface area contributed by atoms with Gasteiger partial charge < -0.3 is 19.8 Å². The second-order valence-electron chi connectivity index (χ2n) is 5.89. The number of aromatic hydroxyl groups is 2. The van der Waals surface area contributed by atoms with Crippen LogP contribution in [0.4, 0.5) is 5.69 Å². The van der Waals surface area contributed by atoms with E-state index in [1.807, 2.05) is 19.1 Å². The van der Waals surface area contributed by atoms with Gasteiger partial charge >= 0.3 is 5.69 Å². The molecule has 0 saturated heterocycles. The van der Waals surface area contributed by atoms with Crippen LogP contribution in [-0.2, 0) is 10.4 Å². The first-order valence-corrected chi connectivity index (χ1v) is 7.44. The Labute approximate surface area is 143 Å². The summed E-state index contributed by atoms with van der Waals surface area (Å²) in [6.45, 7) is 1.85. The summed E-state index contributed by atoms with van der Waals surface area (Å²) in [4.78, 5) is 15.8. The molecule has 8 nitrogen and oxygen atoms in total. The number of nitrogens with zero attached hydrogens (tertiary/aromatic N) is 2. The molecule has 1 aliphatic rings. The second-order valence-corrected chi connectivity index (χ2v) is 5.89. The minimum atomic E-state index is -0.772. The third kappa shape index (κ3) is 2.93. The number of ether oxygens (including phenoxy) is 1. The van der Waals surface area contributed by atoms with Gasteiger partial charge in [0.05, 0.1) is 17.7 Å². The molecule has 1 atom stereocenters. The highest BCUT2D eigenvalue weighted by Gasteiger charge is 2.37. The average Bonchev–Trinajstić information content (AvgIpc) is 3.00. The van der Waals surface area contributed by atoms with E-state index in [2.05, 4.69) is 5.16 Å². The van der Waals surface area contributed by atoms with Crippen LogP contribution in [0.3, 0.4) is 0 Å². The molecule has 1 unspecified atom stereocenters. The van der Waals surface area contributed by atoms with Gasteiger partial charge in [0.1, 0.15) is 5.75 Å². The van der Waals surface area contributed by atoms with E-state index in [9.17, 15) is 20.3 Å². The van der Waals surface area contributed by atoms with Gasteiger partial charge in [0, 0.05) is 18.1 Å². The van der Waals surface area contributed by atoms with E-state index in [0.29, 0.717) is 23.4 Å². The van der Waals surface area contributed by atoms with Crippen molar-refractivity contribution < 1.29 is 24.7 Å². The van der Waals surface area contributed by atoms with Gasteiger partial charge in [0.25, 0.3) is 0 Å². The summed E-state index contributed by atoms with van der Waals surface area (Å²) < 4.78 is 5.13. The molecule has 2 aromatic rings. The summed E-state index contributed by atoms with van der Waals surface area (Å²) in [6.07, 6.45) is 0.348. The smallest absolute Gasteiger partial charge is 0.315 e. The van der Waals surface area contributed by atoms with E-state index < -0.39 is 27.7 Å². The Balaban J connectivity index is 1.90. The largest absolute Gasteiger partial charge is 0.504 e. The van der Waals surface area contributed by atoms with Crippen LogP contribution in [0.5, 0.6) is 17.2 Å². The van der Waals surface area contributed by atoms with Gasteiger partial charge in [-0.3, -0.25) is 10.1 Å². The first-order chi connectivity index (χ1) is 11.8. The summed E-state index contributed by atoms with van der Waals surface area (Å²) in [7, 11) is 1.58. The summed E-state index contributed by atoms with van der Waals surface area (Å²) in [5.41, 5.74) is 0.292. The summed E-state index contributed by atoms with van der Waals surface area (Å²) in [5, 5.41) is 34.3. The predicted octanol–water partition coefficient (Wildman–Crippen LogP) is 3.05. The lowest BCUT2D eigenvalue weighted by atomic mass is 9.89. The van der Waals surface area contributed by atoms with E-state index in [4.69, 9.17) is 9.57 Å².